The molecule has 1 fully saturated rings. The van der Waals surface area contributed by atoms with Gasteiger partial charge in [-0.3, -0.25) is 9.69 Å². The van der Waals surface area contributed by atoms with Crippen LogP contribution in [-0.2, 0) is 4.79 Å². The summed E-state index contributed by atoms with van der Waals surface area (Å²) < 4.78 is 14.2. The van der Waals surface area contributed by atoms with Crippen molar-refractivity contribution in [1.82, 2.24) is 0 Å². The van der Waals surface area contributed by atoms with Crippen LogP contribution in [0.3, 0.4) is 0 Å². The van der Waals surface area contributed by atoms with Crippen molar-refractivity contribution < 1.29 is 9.18 Å². The second-order valence-electron chi connectivity index (χ2n) is 9.57. The van der Waals surface area contributed by atoms with E-state index in [1.165, 1.54) is 22.7 Å². The number of anilines is 2. The summed E-state index contributed by atoms with van der Waals surface area (Å²) in [5.41, 5.74) is 11.3. The number of hydrogen-bond donors (Lipinski definition) is 1. The summed E-state index contributed by atoms with van der Waals surface area (Å²) in [4.78, 5) is 22.6. The largest absolute Gasteiger partial charge is 0.383 e. The monoisotopic (exact) mass is 471 g/mol. The van der Waals surface area contributed by atoms with Crippen LogP contribution in [0.25, 0.3) is 0 Å². The highest BCUT2D eigenvalue weighted by Gasteiger charge is 2.46. The first kappa shape index (κ1) is 20.0. The fourth-order valence-electron chi connectivity index (χ4n) is 6.37. The molecule has 0 amide bonds. The molecule has 2 aromatic rings. The molecule has 170 valence electrons. The Balaban J connectivity index is 1.52. The number of nitrogens with two attached hydrogens (primary N) is 1. The number of aliphatic imine (C=N–C) groups is 1. The van der Waals surface area contributed by atoms with Crippen molar-refractivity contribution in [2.75, 3.05) is 22.9 Å². The Morgan fingerprint density at radius 3 is 2.79 bits per heavy atom. The van der Waals surface area contributed by atoms with E-state index in [0.717, 1.165) is 48.6 Å². The third-order valence-electron chi connectivity index (χ3n) is 7.81. The van der Waals surface area contributed by atoms with E-state index < -0.39 is 11.7 Å². The van der Waals surface area contributed by atoms with E-state index in [0.29, 0.717) is 47.1 Å². The van der Waals surface area contributed by atoms with Crippen molar-refractivity contribution in [2.24, 2.45) is 10.7 Å². The van der Waals surface area contributed by atoms with Crippen molar-refractivity contribution in [3.8, 4) is 6.07 Å². The molecule has 1 atom stereocenters. The molecule has 1 aliphatic carbocycles. The molecular formula is C26H22FN5OS. The zero-order valence-electron chi connectivity index (χ0n) is 18.5. The van der Waals surface area contributed by atoms with Gasteiger partial charge in [0.2, 0.25) is 0 Å². The standard InChI is InChI=1S/C26H22FN5OS/c27-15-4-1-3-14(11-15)19-16(12-28)24-30-23(29)22-20-13-7-9-31(10-8-13)25(20)34-26(22)32(24)17-5-2-6-18(33)21(17)19/h1,3-4,11,13,19H,2,5-10H2,(H2,29,30). The van der Waals surface area contributed by atoms with Crippen LogP contribution in [0.15, 0.2) is 51.9 Å². The second kappa shape index (κ2) is 7.03. The number of Topliss-reactive ketones (excluding diaryl/α,β-unsaturated/α-hetero) is 1. The number of halogens is 1. The maximum atomic E-state index is 14.2. The van der Waals surface area contributed by atoms with Gasteiger partial charge in [0.05, 0.1) is 28.1 Å². The fourth-order valence-corrected chi connectivity index (χ4v) is 7.85. The molecule has 2 bridgehead atoms. The van der Waals surface area contributed by atoms with Crippen LogP contribution < -0.4 is 15.5 Å². The predicted molar refractivity (Wildman–Crippen MR) is 129 cm³/mol. The minimum absolute atomic E-state index is 0.0246. The summed E-state index contributed by atoms with van der Waals surface area (Å²) in [5.74, 6) is 0.387. The number of carbonyl (C=O) groups excluding carboxylic acids is 1. The van der Waals surface area contributed by atoms with Gasteiger partial charge in [-0.05, 0) is 49.3 Å². The molecule has 8 rings (SSSR count). The van der Waals surface area contributed by atoms with Gasteiger partial charge in [0, 0.05) is 36.3 Å². The van der Waals surface area contributed by atoms with Gasteiger partial charge >= 0.3 is 0 Å². The Morgan fingerprint density at radius 1 is 1.21 bits per heavy atom. The normalized spacial score (nSPS) is 23.4. The number of nitrogens with zero attached hydrogens (tertiary/aromatic N) is 4. The number of carbonyl (C=O) groups is 1. The summed E-state index contributed by atoms with van der Waals surface area (Å²) >= 11 is 1.70. The topological polar surface area (TPSA) is 85.7 Å². The summed E-state index contributed by atoms with van der Waals surface area (Å²) in [6.07, 6.45) is 4.11. The van der Waals surface area contributed by atoms with Crippen molar-refractivity contribution >= 4 is 33.0 Å². The molecule has 2 N–H and O–H groups in total. The minimum Gasteiger partial charge on any atom is -0.383 e. The SMILES string of the molecule is N#CC1=C2N=C(N)c3c(sc4c3C3CCN4CC3)N2C2=C(C(=O)CCC2)C1c1cccc(F)c1. The molecular weight excluding hydrogens is 449 g/mol. The highest BCUT2D eigenvalue weighted by molar-refractivity contribution is 7.21. The van der Waals surface area contributed by atoms with Gasteiger partial charge in [0.15, 0.2) is 11.6 Å². The molecule has 1 saturated heterocycles. The lowest BCUT2D eigenvalue weighted by Crippen LogP contribution is -2.40. The van der Waals surface area contributed by atoms with Gasteiger partial charge in [0.1, 0.15) is 16.7 Å². The number of thiophene rings is 1. The lowest BCUT2D eigenvalue weighted by atomic mass is 9.75. The number of rotatable bonds is 1. The molecule has 8 heteroatoms. The van der Waals surface area contributed by atoms with E-state index in [2.05, 4.69) is 11.0 Å². The number of ketones is 1. The van der Waals surface area contributed by atoms with Crippen molar-refractivity contribution in [3.63, 3.8) is 0 Å². The van der Waals surface area contributed by atoms with Crippen LogP contribution in [-0.4, -0.2) is 24.7 Å². The molecule has 6 aliphatic rings. The van der Waals surface area contributed by atoms with Crippen LogP contribution in [0.1, 0.15) is 60.6 Å². The van der Waals surface area contributed by atoms with Gasteiger partial charge in [-0.1, -0.05) is 23.5 Å². The van der Waals surface area contributed by atoms with Crippen molar-refractivity contribution in [1.29, 1.82) is 5.26 Å². The number of fused-ring (bicyclic) bond motifs is 6. The first-order chi connectivity index (χ1) is 16.6. The molecule has 1 aromatic carbocycles. The predicted octanol–water partition coefficient (Wildman–Crippen LogP) is 4.65. The van der Waals surface area contributed by atoms with E-state index in [1.54, 1.807) is 23.5 Å². The lowest BCUT2D eigenvalue weighted by Gasteiger charge is -2.41. The number of nitriles is 1. The maximum absolute atomic E-state index is 14.2. The molecule has 0 radical (unpaired) electrons. The van der Waals surface area contributed by atoms with Crippen LogP contribution in [0, 0.1) is 17.1 Å². The number of hydrogen-bond acceptors (Lipinski definition) is 7. The second-order valence-corrected chi connectivity index (χ2v) is 10.5. The molecule has 0 saturated carbocycles. The van der Waals surface area contributed by atoms with E-state index >= 15 is 0 Å². The molecule has 1 unspecified atom stereocenters. The molecule has 1 aromatic heterocycles. The van der Waals surface area contributed by atoms with Crippen LogP contribution in [0.5, 0.6) is 0 Å². The summed E-state index contributed by atoms with van der Waals surface area (Å²) in [5, 5.41) is 12.5. The molecule has 5 aliphatic heterocycles. The lowest BCUT2D eigenvalue weighted by molar-refractivity contribution is -0.116. The summed E-state index contributed by atoms with van der Waals surface area (Å²) in [6, 6.07) is 8.52. The number of benzene rings is 1. The minimum atomic E-state index is -0.637. The summed E-state index contributed by atoms with van der Waals surface area (Å²) in [6.45, 7) is 2.10. The van der Waals surface area contributed by atoms with Gasteiger partial charge in [-0.2, -0.15) is 5.26 Å². The van der Waals surface area contributed by atoms with Crippen molar-refractivity contribution in [3.05, 3.63) is 69.4 Å². The Bertz CT molecular complexity index is 1420. The van der Waals surface area contributed by atoms with Gasteiger partial charge in [-0.15, -0.1) is 0 Å². The number of piperidine rings is 1. The fraction of sp³-hybridized carbons (Fsp3) is 0.346. The Kier molecular flexibility index (Phi) is 4.13. The Morgan fingerprint density at radius 2 is 2.03 bits per heavy atom. The van der Waals surface area contributed by atoms with Gasteiger partial charge < -0.3 is 10.6 Å². The van der Waals surface area contributed by atoms with E-state index in [4.69, 9.17) is 10.7 Å². The van der Waals surface area contributed by atoms with E-state index in [9.17, 15) is 14.4 Å². The van der Waals surface area contributed by atoms with Crippen LogP contribution in [0.4, 0.5) is 14.4 Å². The third kappa shape index (κ3) is 2.53. The maximum Gasteiger partial charge on any atom is 0.161 e. The smallest absolute Gasteiger partial charge is 0.161 e. The first-order valence-electron chi connectivity index (χ1n) is 11.8. The average Bonchev–Trinajstić information content (AvgIpc) is 3.27. The quantitative estimate of drug-likeness (QED) is 0.654. The first-order valence-corrected chi connectivity index (χ1v) is 12.6. The zero-order valence-corrected chi connectivity index (χ0v) is 19.3. The molecule has 6 nitrogen and oxygen atoms in total. The Hall–Kier alpha value is -3.44. The van der Waals surface area contributed by atoms with E-state index in [1.807, 2.05) is 4.90 Å². The Labute approximate surface area is 200 Å². The number of allylic oxidation sites excluding steroid dienone is 3. The van der Waals surface area contributed by atoms with Crippen LogP contribution >= 0.6 is 11.3 Å². The highest BCUT2D eigenvalue weighted by atomic mass is 32.1. The zero-order chi connectivity index (χ0) is 23.1. The average molecular weight is 472 g/mol. The molecule has 0 spiro atoms. The van der Waals surface area contributed by atoms with Crippen molar-refractivity contribution in [2.45, 2.75) is 43.9 Å². The van der Waals surface area contributed by atoms with Crippen LogP contribution in [0.2, 0.25) is 0 Å². The van der Waals surface area contributed by atoms with Gasteiger partial charge in [-0.25, -0.2) is 9.38 Å². The number of amidine groups is 1. The van der Waals surface area contributed by atoms with E-state index in [-0.39, 0.29) is 5.78 Å². The molecule has 34 heavy (non-hydrogen) atoms. The molecule has 6 heterocycles. The third-order valence-corrected chi connectivity index (χ3v) is 9.07. The van der Waals surface area contributed by atoms with Gasteiger partial charge in [0.25, 0.3) is 0 Å². The summed E-state index contributed by atoms with van der Waals surface area (Å²) in [7, 11) is 0. The highest BCUT2D eigenvalue weighted by Crippen LogP contribution is 2.57.